The lowest BCUT2D eigenvalue weighted by atomic mass is 10.2. The topological polar surface area (TPSA) is 134 Å². The highest BCUT2D eigenvalue weighted by molar-refractivity contribution is 7.91. The molecule has 2 aromatic heterocycles. The number of amidine groups is 1. The number of hydrogen-bond donors (Lipinski definition) is 3. The molecule has 0 spiro atoms. The number of amides is 1. The van der Waals surface area contributed by atoms with Crippen molar-refractivity contribution in [3.05, 3.63) is 52.0 Å². The van der Waals surface area contributed by atoms with Gasteiger partial charge < -0.3 is 16.4 Å². The molecule has 33 heavy (non-hydrogen) atoms. The number of thiophene rings is 2. The molecule has 1 aliphatic rings. The fourth-order valence-corrected chi connectivity index (χ4v) is 7.85. The van der Waals surface area contributed by atoms with Crippen LogP contribution in [0, 0.1) is 11.2 Å². The number of halogens is 1. The first-order chi connectivity index (χ1) is 15.7. The number of nitrogens with one attached hydrogen (secondary N) is 1. The number of nitrogen functional groups attached to an aromatic ring is 1. The number of fused-ring (bicyclic) bond motifs is 1. The summed E-state index contributed by atoms with van der Waals surface area (Å²) in [5.74, 6) is -0.728. The minimum absolute atomic E-state index is 0.0286. The molecule has 4 rings (SSSR count). The molecule has 0 unspecified atom stereocenters. The third-order valence-corrected chi connectivity index (χ3v) is 9.98. The monoisotopic (exact) mass is 509 g/mol. The summed E-state index contributed by atoms with van der Waals surface area (Å²) in [6.45, 7) is 1.16. The number of benzene rings is 1. The fraction of sp³-hybridized carbons (Fsp3) is 0.333. The molecule has 0 saturated carbocycles. The summed E-state index contributed by atoms with van der Waals surface area (Å²) >= 11 is 2.32. The summed E-state index contributed by atoms with van der Waals surface area (Å²) in [5, 5.41) is 10.0. The number of likely N-dealkylation sites (tertiary alicyclic amines) is 1. The van der Waals surface area contributed by atoms with E-state index in [0.717, 1.165) is 16.9 Å². The Morgan fingerprint density at radius 3 is 2.79 bits per heavy atom. The van der Waals surface area contributed by atoms with Crippen molar-refractivity contribution in [3.63, 3.8) is 0 Å². The van der Waals surface area contributed by atoms with Gasteiger partial charge in [-0.15, -0.1) is 22.7 Å². The summed E-state index contributed by atoms with van der Waals surface area (Å²) in [6.07, 6.45) is 0.779. The standard InChI is InChI=1S/C21H24FN5O3S3/c22-15-3-2-14-9-19(32-17(14)10-15)33(29,30)27(6-1-5-23)16-4-7-26(21(16)28)11-13-8-18(20(24)25)31-12-13/h2-3,8-10,12,16H,1,4-7,11,23H2,(H3,24,25)/t16-/m0/s1. The van der Waals surface area contributed by atoms with E-state index in [1.165, 1.54) is 33.8 Å². The second-order valence-electron chi connectivity index (χ2n) is 7.80. The number of hydrogen-bond acceptors (Lipinski definition) is 7. The first-order valence-electron chi connectivity index (χ1n) is 10.3. The molecule has 1 amide bonds. The Morgan fingerprint density at radius 1 is 1.30 bits per heavy atom. The molecule has 0 aliphatic carbocycles. The van der Waals surface area contributed by atoms with E-state index in [4.69, 9.17) is 16.9 Å². The lowest BCUT2D eigenvalue weighted by Gasteiger charge is -2.26. The normalized spacial score (nSPS) is 16.9. The second-order valence-corrected chi connectivity index (χ2v) is 11.9. The SMILES string of the molecule is N=C(N)c1cc(CN2CC[C@H](N(CCCN)S(=O)(=O)c3cc4ccc(F)cc4s3)C2=O)cs1. The summed E-state index contributed by atoms with van der Waals surface area (Å²) in [5.41, 5.74) is 12.0. The molecule has 1 fully saturated rings. The van der Waals surface area contributed by atoms with E-state index in [-0.39, 0.29) is 29.0 Å². The van der Waals surface area contributed by atoms with Crippen LogP contribution in [0.2, 0.25) is 0 Å². The van der Waals surface area contributed by atoms with Crippen LogP contribution in [0.5, 0.6) is 0 Å². The maximum Gasteiger partial charge on any atom is 0.253 e. The van der Waals surface area contributed by atoms with Crippen molar-refractivity contribution in [2.45, 2.75) is 29.6 Å². The Kier molecular flexibility index (Phi) is 6.82. The van der Waals surface area contributed by atoms with Crippen LogP contribution in [0.15, 0.2) is 39.9 Å². The van der Waals surface area contributed by atoms with Gasteiger partial charge in [0.15, 0.2) is 0 Å². The van der Waals surface area contributed by atoms with Crippen LogP contribution in [0.4, 0.5) is 4.39 Å². The van der Waals surface area contributed by atoms with Gasteiger partial charge in [-0.1, -0.05) is 6.07 Å². The summed E-state index contributed by atoms with van der Waals surface area (Å²) in [4.78, 5) is 15.5. The van der Waals surface area contributed by atoms with Crippen molar-refractivity contribution in [2.75, 3.05) is 19.6 Å². The maximum atomic E-state index is 13.6. The molecule has 8 nitrogen and oxygen atoms in total. The molecular formula is C21H24FN5O3S3. The van der Waals surface area contributed by atoms with Gasteiger partial charge in [-0.05, 0) is 60.0 Å². The Morgan fingerprint density at radius 2 is 2.09 bits per heavy atom. The van der Waals surface area contributed by atoms with E-state index in [2.05, 4.69) is 0 Å². The number of rotatable bonds is 9. The van der Waals surface area contributed by atoms with Crippen LogP contribution in [0.3, 0.4) is 0 Å². The van der Waals surface area contributed by atoms with Crippen LogP contribution in [0.25, 0.3) is 10.1 Å². The Hall–Kier alpha value is -2.38. The van der Waals surface area contributed by atoms with Crippen LogP contribution < -0.4 is 11.5 Å². The molecule has 3 aromatic rings. The van der Waals surface area contributed by atoms with Crippen molar-refractivity contribution in [1.82, 2.24) is 9.21 Å². The molecular weight excluding hydrogens is 485 g/mol. The van der Waals surface area contributed by atoms with Gasteiger partial charge in [0, 0.05) is 24.3 Å². The molecule has 3 heterocycles. The fourth-order valence-electron chi connectivity index (χ4n) is 3.88. The smallest absolute Gasteiger partial charge is 0.253 e. The summed E-state index contributed by atoms with van der Waals surface area (Å²) in [7, 11) is -3.98. The molecule has 1 aliphatic heterocycles. The van der Waals surface area contributed by atoms with E-state index < -0.39 is 21.9 Å². The van der Waals surface area contributed by atoms with Crippen LogP contribution in [-0.4, -0.2) is 55.0 Å². The summed E-state index contributed by atoms with van der Waals surface area (Å²) < 4.78 is 42.6. The zero-order valence-corrected chi connectivity index (χ0v) is 20.1. The number of nitrogens with two attached hydrogens (primary N) is 2. The van der Waals surface area contributed by atoms with E-state index in [1.807, 2.05) is 5.38 Å². The number of carbonyl (C=O) groups excluding carboxylic acids is 1. The minimum Gasteiger partial charge on any atom is -0.383 e. The van der Waals surface area contributed by atoms with E-state index in [9.17, 15) is 17.6 Å². The van der Waals surface area contributed by atoms with Crippen LogP contribution >= 0.6 is 22.7 Å². The highest BCUT2D eigenvalue weighted by Crippen LogP contribution is 2.34. The Bertz CT molecular complexity index is 1300. The van der Waals surface area contributed by atoms with Crippen molar-refractivity contribution >= 4 is 54.5 Å². The van der Waals surface area contributed by atoms with Crippen molar-refractivity contribution in [1.29, 1.82) is 5.41 Å². The van der Waals surface area contributed by atoms with Gasteiger partial charge >= 0.3 is 0 Å². The third kappa shape index (κ3) is 4.80. The van der Waals surface area contributed by atoms with Crippen molar-refractivity contribution < 1.29 is 17.6 Å². The van der Waals surface area contributed by atoms with E-state index in [0.29, 0.717) is 40.9 Å². The highest BCUT2D eigenvalue weighted by Gasteiger charge is 2.42. The predicted octanol–water partition coefficient (Wildman–Crippen LogP) is 2.53. The molecule has 1 atom stereocenters. The highest BCUT2D eigenvalue weighted by atomic mass is 32.2. The first kappa shape index (κ1) is 23.8. The second kappa shape index (κ2) is 9.47. The molecule has 1 aromatic carbocycles. The minimum atomic E-state index is -3.98. The molecule has 0 radical (unpaired) electrons. The van der Waals surface area contributed by atoms with Crippen molar-refractivity contribution in [2.24, 2.45) is 11.5 Å². The predicted molar refractivity (Wildman–Crippen MR) is 129 cm³/mol. The van der Waals surface area contributed by atoms with Crippen molar-refractivity contribution in [3.8, 4) is 0 Å². The van der Waals surface area contributed by atoms with Gasteiger partial charge in [0.2, 0.25) is 5.91 Å². The van der Waals surface area contributed by atoms with Gasteiger partial charge in [-0.2, -0.15) is 4.31 Å². The Balaban J connectivity index is 1.59. The lowest BCUT2D eigenvalue weighted by Crippen LogP contribution is -2.45. The van der Waals surface area contributed by atoms with Gasteiger partial charge in [0.25, 0.3) is 10.0 Å². The number of carbonyl (C=O) groups is 1. The number of sulfonamides is 1. The molecule has 12 heteroatoms. The molecule has 0 bridgehead atoms. The third-order valence-electron chi connectivity index (χ3n) is 5.51. The maximum absolute atomic E-state index is 13.6. The zero-order valence-electron chi connectivity index (χ0n) is 17.7. The zero-order chi connectivity index (χ0) is 23.8. The molecule has 5 N–H and O–H groups in total. The summed E-state index contributed by atoms with van der Waals surface area (Å²) in [6, 6.07) is 6.61. The Labute approximate surface area is 199 Å². The van der Waals surface area contributed by atoms with E-state index >= 15 is 0 Å². The quantitative estimate of drug-likeness (QED) is 0.301. The average Bonchev–Trinajstić information content (AvgIpc) is 3.49. The van der Waals surface area contributed by atoms with Crippen LogP contribution in [0.1, 0.15) is 23.3 Å². The van der Waals surface area contributed by atoms with Gasteiger partial charge in [0.1, 0.15) is 21.9 Å². The molecule has 176 valence electrons. The lowest BCUT2D eigenvalue weighted by molar-refractivity contribution is -0.131. The molecule has 1 saturated heterocycles. The van der Waals surface area contributed by atoms with Gasteiger partial charge in [0.05, 0.1) is 4.88 Å². The number of nitrogens with zero attached hydrogens (tertiary/aromatic N) is 2. The first-order valence-corrected chi connectivity index (χ1v) is 13.5. The van der Waals surface area contributed by atoms with Gasteiger partial charge in [-0.3, -0.25) is 10.2 Å². The largest absolute Gasteiger partial charge is 0.383 e. The van der Waals surface area contributed by atoms with Gasteiger partial charge in [-0.25, -0.2) is 12.8 Å². The van der Waals surface area contributed by atoms with E-state index in [1.54, 1.807) is 17.0 Å². The average molecular weight is 510 g/mol. The van der Waals surface area contributed by atoms with Crippen LogP contribution in [-0.2, 0) is 21.4 Å².